The van der Waals surface area contributed by atoms with E-state index in [1.807, 2.05) is 37.4 Å². The molecular formula is C15H15NO. The van der Waals surface area contributed by atoms with Gasteiger partial charge in [-0.3, -0.25) is 4.79 Å². The molecule has 0 spiro atoms. The van der Waals surface area contributed by atoms with Gasteiger partial charge in [-0.05, 0) is 30.4 Å². The van der Waals surface area contributed by atoms with Gasteiger partial charge in [-0.1, -0.05) is 36.4 Å². The number of rotatable bonds is 1. The van der Waals surface area contributed by atoms with Crippen molar-refractivity contribution < 1.29 is 4.79 Å². The number of amides is 1. The van der Waals surface area contributed by atoms with E-state index in [0.29, 0.717) is 0 Å². The highest BCUT2D eigenvalue weighted by Crippen LogP contribution is 2.39. The number of carbonyl (C=O) groups excluding carboxylic acids is 1. The first-order valence-corrected chi connectivity index (χ1v) is 6.06. The summed E-state index contributed by atoms with van der Waals surface area (Å²) >= 11 is 0. The van der Waals surface area contributed by atoms with Gasteiger partial charge in [-0.25, -0.2) is 0 Å². The highest BCUT2D eigenvalue weighted by Gasteiger charge is 2.33. The highest BCUT2D eigenvalue weighted by atomic mass is 16.2. The van der Waals surface area contributed by atoms with Crippen LogP contribution in [0.25, 0.3) is 5.57 Å². The zero-order chi connectivity index (χ0) is 11.8. The molecular weight excluding hydrogens is 210 g/mol. The Morgan fingerprint density at radius 3 is 2.71 bits per heavy atom. The molecule has 1 aliphatic carbocycles. The Morgan fingerprint density at radius 1 is 1.18 bits per heavy atom. The Hall–Kier alpha value is -1.83. The van der Waals surface area contributed by atoms with Gasteiger partial charge < -0.3 is 4.90 Å². The van der Waals surface area contributed by atoms with Crippen molar-refractivity contribution in [2.75, 3.05) is 7.05 Å². The third kappa shape index (κ3) is 1.52. The fourth-order valence-electron chi connectivity index (χ4n) is 2.67. The van der Waals surface area contributed by atoms with Crippen LogP contribution in [-0.2, 0) is 4.79 Å². The number of allylic oxidation sites excluding steroid dienone is 2. The van der Waals surface area contributed by atoms with Crippen molar-refractivity contribution in [2.45, 2.75) is 19.3 Å². The molecule has 2 aliphatic rings. The maximum Gasteiger partial charge on any atom is 0.258 e. The minimum atomic E-state index is 0.138. The molecule has 0 N–H and O–H groups in total. The summed E-state index contributed by atoms with van der Waals surface area (Å²) < 4.78 is 0. The molecule has 17 heavy (non-hydrogen) atoms. The van der Waals surface area contributed by atoms with Crippen molar-refractivity contribution in [2.24, 2.45) is 0 Å². The Labute approximate surface area is 101 Å². The summed E-state index contributed by atoms with van der Waals surface area (Å²) in [5.74, 6) is 0.138. The van der Waals surface area contributed by atoms with E-state index in [1.54, 1.807) is 4.90 Å². The van der Waals surface area contributed by atoms with Gasteiger partial charge in [0.2, 0.25) is 0 Å². The zero-order valence-electron chi connectivity index (χ0n) is 9.94. The number of likely N-dealkylation sites (N-methyl/N-ethyl adjacent to an activating group) is 1. The van der Waals surface area contributed by atoms with Gasteiger partial charge in [0.15, 0.2) is 0 Å². The molecule has 0 bridgehead atoms. The third-order valence-electron chi connectivity index (χ3n) is 3.52. The standard InChI is InChI=1S/C15H15NO/c1-16-13-10-6-5-9-12(13)14(15(16)17)11-7-3-2-4-8-11/h2-4,7-8,10H,5-6,9H2,1H3. The van der Waals surface area contributed by atoms with Crippen LogP contribution >= 0.6 is 0 Å². The second kappa shape index (κ2) is 3.88. The second-order valence-electron chi connectivity index (χ2n) is 4.57. The number of hydrogen-bond donors (Lipinski definition) is 0. The Morgan fingerprint density at radius 2 is 1.94 bits per heavy atom. The van der Waals surface area contributed by atoms with Gasteiger partial charge in [-0.2, -0.15) is 0 Å². The number of nitrogens with zero attached hydrogens (tertiary/aromatic N) is 1. The second-order valence-corrected chi connectivity index (χ2v) is 4.57. The summed E-state index contributed by atoms with van der Waals surface area (Å²) in [5, 5.41) is 0. The molecule has 0 aromatic heterocycles. The van der Waals surface area contributed by atoms with E-state index in [4.69, 9.17) is 0 Å². The molecule has 3 rings (SSSR count). The first kappa shape index (κ1) is 10.3. The smallest absolute Gasteiger partial charge is 0.258 e. The molecule has 0 fully saturated rings. The van der Waals surface area contributed by atoms with E-state index in [9.17, 15) is 4.79 Å². The van der Waals surface area contributed by atoms with E-state index < -0.39 is 0 Å². The lowest BCUT2D eigenvalue weighted by molar-refractivity contribution is -0.121. The molecule has 86 valence electrons. The predicted octanol–water partition coefficient (Wildman–Crippen LogP) is 2.98. The molecule has 0 saturated heterocycles. The van der Waals surface area contributed by atoms with E-state index in [2.05, 4.69) is 6.08 Å². The van der Waals surface area contributed by atoms with Gasteiger partial charge in [0.1, 0.15) is 0 Å². The van der Waals surface area contributed by atoms with Crippen molar-refractivity contribution in [3.63, 3.8) is 0 Å². The van der Waals surface area contributed by atoms with Crippen molar-refractivity contribution in [3.8, 4) is 0 Å². The number of carbonyl (C=O) groups is 1. The van der Waals surface area contributed by atoms with Gasteiger partial charge in [0.25, 0.3) is 5.91 Å². The van der Waals surface area contributed by atoms with Crippen LogP contribution < -0.4 is 0 Å². The molecule has 1 aromatic rings. The van der Waals surface area contributed by atoms with Gasteiger partial charge >= 0.3 is 0 Å². The number of hydrogen-bond acceptors (Lipinski definition) is 1. The first-order chi connectivity index (χ1) is 8.29. The Bertz CT molecular complexity index is 525. The molecule has 0 atom stereocenters. The fourth-order valence-corrected chi connectivity index (χ4v) is 2.67. The molecule has 0 radical (unpaired) electrons. The largest absolute Gasteiger partial charge is 0.311 e. The van der Waals surface area contributed by atoms with Crippen molar-refractivity contribution >= 4 is 11.5 Å². The van der Waals surface area contributed by atoms with Crippen LogP contribution in [-0.4, -0.2) is 17.9 Å². The minimum absolute atomic E-state index is 0.138. The van der Waals surface area contributed by atoms with Crippen molar-refractivity contribution in [3.05, 3.63) is 53.2 Å². The quantitative estimate of drug-likeness (QED) is 0.719. The molecule has 0 saturated carbocycles. The van der Waals surface area contributed by atoms with Crippen LogP contribution in [0.3, 0.4) is 0 Å². The molecule has 1 aliphatic heterocycles. The van der Waals surface area contributed by atoms with Crippen molar-refractivity contribution in [1.29, 1.82) is 0 Å². The van der Waals surface area contributed by atoms with Crippen LogP contribution in [0.4, 0.5) is 0 Å². The number of benzene rings is 1. The Balaban J connectivity index is 2.17. The minimum Gasteiger partial charge on any atom is -0.311 e. The van der Waals surface area contributed by atoms with E-state index >= 15 is 0 Å². The summed E-state index contributed by atoms with van der Waals surface area (Å²) in [4.78, 5) is 14.1. The van der Waals surface area contributed by atoms with Gasteiger partial charge in [0, 0.05) is 12.7 Å². The SMILES string of the molecule is CN1C(=O)C(c2ccccc2)=C2CCCC=C21. The van der Waals surface area contributed by atoms with Crippen LogP contribution in [0.15, 0.2) is 47.7 Å². The lowest BCUT2D eigenvalue weighted by Crippen LogP contribution is -2.20. The van der Waals surface area contributed by atoms with E-state index in [-0.39, 0.29) is 5.91 Å². The molecule has 1 amide bonds. The summed E-state index contributed by atoms with van der Waals surface area (Å²) in [6.45, 7) is 0. The molecule has 1 aromatic carbocycles. The molecule has 2 heteroatoms. The van der Waals surface area contributed by atoms with Gasteiger partial charge in [-0.15, -0.1) is 0 Å². The summed E-state index contributed by atoms with van der Waals surface area (Å²) in [5.41, 5.74) is 4.30. The average Bonchev–Trinajstić information content (AvgIpc) is 2.64. The lowest BCUT2D eigenvalue weighted by atomic mass is 9.93. The van der Waals surface area contributed by atoms with Crippen LogP contribution in [0.5, 0.6) is 0 Å². The molecule has 1 heterocycles. The first-order valence-electron chi connectivity index (χ1n) is 6.06. The molecule has 0 unspecified atom stereocenters. The van der Waals surface area contributed by atoms with Crippen LogP contribution in [0.1, 0.15) is 24.8 Å². The van der Waals surface area contributed by atoms with Gasteiger partial charge in [0.05, 0.1) is 5.57 Å². The third-order valence-corrected chi connectivity index (χ3v) is 3.52. The fraction of sp³-hybridized carbons (Fsp3) is 0.267. The van der Waals surface area contributed by atoms with E-state index in [1.165, 1.54) is 5.57 Å². The normalized spacial score (nSPS) is 19.5. The summed E-state index contributed by atoms with van der Waals surface area (Å²) in [7, 11) is 1.87. The monoisotopic (exact) mass is 225 g/mol. The number of fused-ring (bicyclic) bond motifs is 1. The summed E-state index contributed by atoms with van der Waals surface area (Å²) in [6.07, 6.45) is 5.44. The maximum atomic E-state index is 12.3. The van der Waals surface area contributed by atoms with Crippen LogP contribution in [0.2, 0.25) is 0 Å². The zero-order valence-corrected chi connectivity index (χ0v) is 9.94. The lowest BCUT2D eigenvalue weighted by Gasteiger charge is -2.17. The van der Waals surface area contributed by atoms with E-state index in [0.717, 1.165) is 36.1 Å². The molecule has 2 nitrogen and oxygen atoms in total. The highest BCUT2D eigenvalue weighted by molar-refractivity contribution is 6.24. The van der Waals surface area contributed by atoms with Crippen LogP contribution in [0, 0.1) is 0 Å². The topological polar surface area (TPSA) is 20.3 Å². The maximum absolute atomic E-state index is 12.3. The predicted molar refractivity (Wildman–Crippen MR) is 68.1 cm³/mol. The Kier molecular flexibility index (Phi) is 2.36. The van der Waals surface area contributed by atoms with Crippen molar-refractivity contribution in [1.82, 2.24) is 4.90 Å². The average molecular weight is 225 g/mol. The summed E-state index contributed by atoms with van der Waals surface area (Å²) in [6, 6.07) is 9.99.